The van der Waals surface area contributed by atoms with E-state index in [1.54, 1.807) is 12.1 Å². The van der Waals surface area contributed by atoms with E-state index in [1.807, 2.05) is 18.2 Å². The van der Waals surface area contributed by atoms with Crippen LogP contribution in [0.2, 0.25) is 5.02 Å². The summed E-state index contributed by atoms with van der Waals surface area (Å²) in [6.07, 6.45) is -0.372. The number of esters is 1. The molecule has 42 heavy (non-hydrogen) atoms. The quantitative estimate of drug-likeness (QED) is 0.187. The number of halogens is 2. The number of hydrogen-bond acceptors (Lipinski definition) is 9. The van der Waals surface area contributed by atoms with E-state index in [0.717, 1.165) is 10.1 Å². The van der Waals surface area contributed by atoms with E-state index < -0.39 is 56.0 Å². The Morgan fingerprint density at radius 2 is 1.98 bits per heavy atom. The molecule has 0 amide bonds. The zero-order valence-corrected chi connectivity index (χ0v) is 25.5. The Morgan fingerprint density at radius 3 is 2.67 bits per heavy atom. The van der Waals surface area contributed by atoms with Crippen LogP contribution in [0.1, 0.15) is 30.7 Å². The number of nitrogens with one attached hydrogen (secondary N) is 2. The van der Waals surface area contributed by atoms with Crippen molar-refractivity contribution in [2.24, 2.45) is 0 Å². The van der Waals surface area contributed by atoms with Crippen molar-refractivity contribution in [2.75, 3.05) is 6.61 Å². The van der Waals surface area contributed by atoms with Gasteiger partial charge in [0.05, 0.1) is 18.3 Å². The number of aromatic nitrogens is 2. The lowest BCUT2D eigenvalue weighted by Crippen LogP contribution is -2.36. The molecule has 224 valence electrons. The molecule has 1 aliphatic heterocycles. The van der Waals surface area contributed by atoms with Gasteiger partial charge in [-0.25, -0.2) is 9.36 Å². The number of carbonyl (C=O) groups is 1. The van der Waals surface area contributed by atoms with Crippen LogP contribution in [0.25, 0.3) is 6.08 Å². The van der Waals surface area contributed by atoms with Crippen molar-refractivity contribution in [2.45, 2.75) is 44.4 Å². The standard InChI is InChI=1S/C27H28BrClN3O9P/c1-17(26(35)38-15-18-5-3-2-4-6-18)31-42(37,41-21-9-7-20(29)8-10-21)39-16-23-22(33)13-24(40-23)32-14-19(11-12-28)25(34)30-27(32)36/h2-12,14,17,22-24,33H,13,15-16H2,1H3,(H,31,37)(H,30,34,36)/b12-11+/t17-,22+,23+,24+,42?/m0/s1. The van der Waals surface area contributed by atoms with Crippen molar-refractivity contribution in [3.05, 3.63) is 103 Å². The summed E-state index contributed by atoms with van der Waals surface area (Å²) in [6.45, 7) is 1.01. The van der Waals surface area contributed by atoms with Crippen LogP contribution in [-0.4, -0.2) is 45.5 Å². The fourth-order valence-corrected chi connectivity index (χ4v) is 5.89. The van der Waals surface area contributed by atoms with Gasteiger partial charge in [-0.2, -0.15) is 5.09 Å². The normalized spacial score (nSPS) is 20.7. The number of H-pyrrole nitrogens is 1. The Morgan fingerprint density at radius 1 is 1.26 bits per heavy atom. The maximum absolute atomic E-state index is 13.8. The van der Waals surface area contributed by atoms with Crippen molar-refractivity contribution in [1.29, 1.82) is 0 Å². The SMILES string of the molecule is C[C@H](NP(=O)(OC[C@H]1O[C@@H](n2cc(/C=C/Br)c(=O)[nH]c2=O)C[C@H]1O)Oc1ccc(Cl)cc1)C(=O)OCc1ccccc1. The van der Waals surface area contributed by atoms with Gasteiger partial charge in [-0.1, -0.05) is 57.9 Å². The number of carbonyl (C=O) groups excluding carboxylic acids is 1. The predicted molar refractivity (Wildman–Crippen MR) is 158 cm³/mol. The monoisotopic (exact) mass is 683 g/mol. The first-order valence-corrected chi connectivity index (χ1v) is 15.5. The molecule has 1 saturated heterocycles. The summed E-state index contributed by atoms with van der Waals surface area (Å²) in [4.78, 5) is 40.8. The third kappa shape index (κ3) is 8.51. The van der Waals surface area contributed by atoms with Crippen molar-refractivity contribution in [3.8, 4) is 5.75 Å². The first-order valence-electron chi connectivity index (χ1n) is 12.7. The van der Waals surface area contributed by atoms with Crippen LogP contribution < -0.4 is 20.9 Å². The molecular weight excluding hydrogens is 657 g/mol. The number of hydrogen-bond donors (Lipinski definition) is 3. The smallest absolute Gasteiger partial charge is 0.459 e. The number of ether oxygens (including phenoxy) is 2. The maximum atomic E-state index is 13.8. The molecule has 0 bridgehead atoms. The zero-order valence-electron chi connectivity index (χ0n) is 22.2. The van der Waals surface area contributed by atoms with Crippen LogP contribution >= 0.6 is 35.3 Å². The van der Waals surface area contributed by atoms with Crippen LogP contribution in [0, 0.1) is 0 Å². The van der Waals surface area contributed by atoms with E-state index in [9.17, 15) is 24.1 Å². The molecule has 12 nitrogen and oxygen atoms in total. The van der Waals surface area contributed by atoms with E-state index in [4.69, 9.17) is 30.1 Å². The molecule has 3 N–H and O–H groups in total. The average Bonchev–Trinajstić information content (AvgIpc) is 3.34. The molecule has 0 saturated carbocycles. The van der Waals surface area contributed by atoms with Crippen LogP contribution in [0.4, 0.5) is 0 Å². The van der Waals surface area contributed by atoms with Crippen molar-refractivity contribution < 1.29 is 33.0 Å². The largest absolute Gasteiger partial charge is 0.460 e. The summed E-state index contributed by atoms with van der Waals surface area (Å²) >= 11 is 9.03. The van der Waals surface area contributed by atoms with Gasteiger partial charge < -0.3 is 19.1 Å². The average molecular weight is 685 g/mol. The third-order valence-electron chi connectivity index (χ3n) is 6.13. The summed E-state index contributed by atoms with van der Waals surface area (Å²) in [7, 11) is -4.28. The Labute approximate surface area is 253 Å². The summed E-state index contributed by atoms with van der Waals surface area (Å²) in [6, 6.07) is 13.9. The van der Waals surface area contributed by atoms with Crippen molar-refractivity contribution in [3.63, 3.8) is 0 Å². The molecule has 3 aromatic rings. The number of rotatable bonds is 12. The number of aliphatic hydroxyl groups excluding tert-OH is 1. The first kappa shape index (κ1) is 31.9. The molecule has 2 aromatic carbocycles. The molecular formula is C27H28BrClN3O9P. The Balaban J connectivity index is 1.46. The van der Waals surface area contributed by atoms with E-state index in [0.29, 0.717) is 5.02 Å². The lowest BCUT2D eigenvalue weighted by Gasteiger charge is -2.24. The molecule has 1 unspecified atom stereocenters. The second-order valence-corrected chi connectivity index (χ2v) is 11.9. The summed E-state index contributed by atoms with van der Waals surface area (Å²) < 4.78 is 37.4. The third-order valence-corrected chi connectivity index (χ3v) is 8.29. The highest BCUT2D eigenvalue weighted by atomic mass is 79.9. The van der Waals surface area contributed by atoms with Crippen LogP contribution in [-0.2, 0) is 30.0 Å². The molecule has 0 spiro atoms. The highest BCUT2D eigenvalue weighted by Gasteiger charge is 2.39. The molecule has 0 radical (unpaired) electrons. The number of aliphatic hydroxyl groups is 1. The molecule has 1 fully saturated rings. The van der Waals surface area contributed by atoms with Gasteiger partial charge in [0, 0.05) is 17.6 Å². The van der Waals surface area contributed by atoms with Gasteiger partial charge in [0.2, 0.25) is 0 Å². The first-order chi connectivity index (χ1) is 20.1. The Bertz CT molecular complexity index is 1570. The summed E-state index contributed by atoms with van der Waals surface area (Å²) in [5, 5.41) is 13.6. The highest BCUT2D eigenvalue weighted by Crippen LogP contribution is 2.46. The molecule has 15 heteroatoms. The van der Waals surface area contributed by atoms with Crippen LogP contribution in [0.3, 0.4) is 0 Å². The Kier molecular flexibility index (Phi) is 11.0. The number of benzene rings is 2. The molecule has 4 rings (SSSR count). The van der Waals surface area contributed by atoms with Gasteiger partial charge in [0.15, 0.2) is 0 Å². The minimum Gasteiger partial charge on any atom is -0.460 e. The minimum absolute atomic E-state index is 0.00958. The Hall–Kier alpha value is -3.03. The zero-order chi connectivity index (χ0) is 30.3. The second-order valence-electron chi connectivity index (χ2n) is 9.26. The molecule has 5 atom stereocenters. The van der Waals surface area contributed by atoms with Crippen molar-refractivity contribution >= 4 is 47.3 Å². The fraction of sp³-hybridized carbons (Fsp3) is 0.296. The van der Waals surface area contributed by atoms with Crippen LogP contribution in [0.15, 0.2) is 75.4 Å². The molecule has 1 aliphatic rings. The van der Waals surface area contributed by atoms with Gasteiger partial charge in [-0.15, -0.1) is 0 Å². The lowest BCUT2D eigenvalue weighted by molar-refractivity contribution is -0.146. The topological polar surface area (TPSA) is 158 Å². The van der Waals surface area contributed by atoms with Crippen molar-refractivity contribution in [1.82, 2.24) is 14.6 Å². The van der Waals surface area contributed by atoms with E-state index in [-0.39, 0.29) is 24.3 Å². The van der Waals surface area contributed by atoms with Gasteiger partial charge in [0.1, 0.15) is 30.7 Å². The van der Waals surface area contributed by atoms with E-state index in [2.05, 4.69) is 26.0 Å². The minimum atomic E-state index is -4.28. The number of nitrogens with zero attached hydrogens (tertiary/aromatic N) is 1. The fourth-order valence-electron chi connectivity index (χ4n) is 3.98. The molecule has 2 heterocycles. The highest BCUT2D eigenvalue weighted by molar-refractivity contribution is 9.11. The van der Waals surface area contributed by atoms with E-state index in [1.165, 1.54) is 48.4 Å². The second kappa shape index (κ2) is 14.4. The lowest BCUT2D eigenvalue weighted by atomic mass is 10.2. The van der Waals surface area contributed by atoms with Gasteiger partial charge in [-0.05, 0) is 47.8 Å². The molecule has 0 aliphatic carbocycles. The summed E-state index contributed by atoms with van der Waals surface area (Å²) in [5.41, 5.74) is -0.365. The maximum Gasteiger partial charge on any atom is 0.459 e. The molecule has 1 aromatic heterocycles. The van der Waals surface area contributed by atoms with Gasteiger partial charge >= 0.3 is 19.4 Å². The van der Waals surface area contributed by atoms with E-state index >= 15 is 0 Å². The van der Waals surface area contributed by atoms with Gasteiger partial charge in [-0.3, -0.25) is 23.7 Å². The van der Waals surface area contributed by atoms with Gasteiger partial charge in [0.25, 0.3) is 5.56 Å². The van der Waals surface area contributed by atoms with Crippen LogP contribution in [0.5, 0.6) is 5.75 Å². The summed E-state index contributed by atoms with van der Waals surface area (Å²) in [5.74, 6) is -0.566. The predicted octanol–water partition coefficient (Wildman–Crippen LogP) is 4.13. The number of aromatic amines is 1.